The van der Waals surface area contributed by atoms with Gasteiger partial charge in [-0.05, 0) is 44.4 Å². The molecule has 0 saturated carbocycles. The van der Waals surface area contributed by atoms with Gasteiger partial charge in [-0.3, -0.25) is 19.4 Å². The molecule has 1 aromatic carbocycles. The maximum atomic E-state index is 13.3. The van der Waals surface area contributed by atoms with E-state index in [1.807, 2.05) is 11.8 Å². The molecule has 2 heterocycles. The second kappa shape index (κ2) is 9.28. The summed E-state index contributed by atoms with van der Waals surface area (Å²) in [5.74, 6) is -0.286. The molecular weight excluding hydrogens is 347 g/mol. The molecule has 2 aliphatic heterocycles. The van der Waals surface area contributed by atoms with E-state index >= 15 is 0 Å². The lowest BCUT2D eigenvalue weighted by Gasteiger charge is -2.38. The Hall–Kier alpha value is -1.99. The first-order valence-corrected chi connectivity index (χ1v) is 9.83. The Morgan fingerprint density at radius 3 is 2.44 bits per heavy atom. The lowest BCUT2D eigenvalue weighted by Crippen LogP contribution is -2.54. The molecule has 6 nitrogen and oxygen atoms in total. The van der Waals surface area contributed by atoms with Gasteiger partial charge in [0.1, 0.15) is 5.82 Å². The van der Waals surface area contributed by atoms with E-state index in [2.05, 4.69) is 15.1 Å². The zero-order chi connectivity index (χ0) is 19.2. The highest BCUT2D eigenvalue weighted by atomic mass is 19.1. The van der Waals surface area contributed by atoms with Crippen LogP contribution in [0, 0.1) is 5.82 Å². The van der Waals surface area contributed by atoms with E-state index in [1.165, 1.54) is 18.6 Å². The number of piperazine rings is 1. The van der Waals surface area contributed by atoms with Gasteiger partial charge in [0.15, 0.2) is 0 Å². The van der Waals surface area contributed by atoms with E-state index in [1.54, 1.807) is 12.1 Å². The number of benzene rings is 1. The van der Waals surface area contributed by atoms with Crippen molar-refractivity contribution in [1.29, 1.82) is 0 Å². The molecule has 1 N–H and O–H groups in total. The van der Waals surface area contributed by atoms with Gasteiger partial charge < -0.3 is 10.2 Å². The van der Waals surface area contributed by atoms with Crippen molar-refractivity contribution in [2.24, 2.45) is 0 Å². The van der Waals surface area contributed by atoms with Gasteiger partial charge >= 0.3 is 0 Å². The number of likely N-dealkylation sites (tertiary alicyclic amines) is 1. The lowest BCUT2D eigenvalue weighted by atomic mass is 10.1. The molecule has 1 aromatic rings. The summed E-state index contributed by atoms with van der Waals surface area (Å²) in [4.78, 5) is 31.1. The maximum Gasteiger partial charge on any atom is 0.241 e. The number of halogens is 1. The third-order valence-corrected chi connectivity index (χ3v) is 5.49. The SMILES string of the molecule is CC(C(=O)Nc1cccc(F)c1)N1CCN(CC(=O)N2CCCCC2)CC1. The quantitative estimate of drug-likeness (QED) is 0.851. The number of piperidine rings is 1. The molecule has 148 valence electrons. The molecule has 2 fully saturated rings. The van der Waals surface area contributed by atoms with Crippen LogP contribution < -0.4 is 5.32 Å². The average molecular weight is 376 g/mol. The molecule has 0 spiro atoms. The first-order valence-electron chi connectivity index (χ1n) is 9.83. The Kier molecular flexibility index (Phi) is 6.79. The number of amides is 2. The molecule has 0 radical (unpaired) electrons. The van der Waals surface area contributed by atoms with Gasteiger partial charge in [-0.2, -0.15) is 0 Å². The van der Waals surface area contributed by atoms with Gasteiger partial charge in [0.2, 0.25) is 11.8 Å². The number of nitrogens with one attached hydrogen (secondary N) is 1. The molecule has 1 atom stereocenters. The summed E-state index contributed by atoms with van der Waals surface area (Å²) in [6.07, 6.45) is 3.44. The molecule has 1 unspecified atom stereocenters. The minimum atomic E-state index is -0.368. The fraction of sp³-hybridized carbons (Fsp3) is 0.600. The highest BCUT2D eigenvalue weighted by Gasteiger charge is 2.27. The van der Waals surface area contributed by atoms with Crippen molar-refractivity contribution in [3.8, 4) is 0 Å². The summed E-state index contributed by atoms with van der Waals surface area (Å²) >= 11 is 0. The van der Waals surface area contributed by atoms with Crippen molar-refractivity contribution in [3.63, 3.8) is 0 Å². The fourth-order valence-electron chi connectivity index (χ4n) is 3.72. The molecule has 2 saturated heterocycles. The number of hydrogen-bond acceptors (Lipinski definition) is 4. The van der Waals surface area contributed by atoms with Crippen LogP contribution in [0.1, 0.15) is 26.2 Å². The monoisotopic (exact) mass is 376 g/mol. The summed E-state index contributed by atoms with van der Waals surface area (Å²) in [5, 5.41) is 2.77. The molecule has 0 bridgehead atoms. The highest BCUT2D eigenvalue weighted by Crippen LogP contribution is 2.13. The number of rotatable bonds is 5. The van der Waals surface area contributed by atoms with Crippen molar-refractivity contribution < 1.29 is 14.0 Å². The molecule has 0 aliphatic carbocycles. The predicted molar refractivity (Wildman–Crippen MR) is 103 cm³/mol. The second-order valence-electron chi connectivity index (χ2n) is 7.43. The van der Waals surface area contributed by atoms with Crippen LogP contribution in [0.25, 0.3) is 0 Å². The summed E-state index contributed by atoms with van der Waals surface area (Å²) < 4.78 is 13.3. The molecule has 0 aromatic heterocycles. The van der Waals surface area contributed by atoms with E-state index in [9.17, 15) is 14.0 Å². The third kappa shape index (κ3) is 5.49. The Morgan fingerprint density at radius 1 is 1.07 bits per heavy atom. The van der Waals surface area contributed by atoms with Crippen LogP contribution in [0.5, 0.6) is 0 Å². The van der Waals surface area contributed by atoms with E-state index in [4.69, 9.17) is 0 Å². The van der Waals surface area contributed by atoms with E-state index < -0.39 is 0 Å². The topological polar surface area (TPSA) is 55.9 Å². The third-order valence-electron chi connectivity index (χ3n) is 5.49. The van der Waals surface area contributed by atoms with Crippen molar-refractivity contribution in [3.05, 3.63) is 30.1 Å². The maximum absolute atomic E-state index is 13.3. The summed E-state index contributed by atoms with van der Waals surface area (Å²) in [6.45, 7) is 7.14. The number of carbonyl (C=O) groups is 2. The van der Waals surface area contributed by atoms with Crippen LogP contribution >= 0.6 is 0 Å². The first kappa shape index (κ1) is 19.8. The standard InChI is InChI=1S/C20H29FN4O2/c1-16(20(27)22-18-7-5-6-17(21)14-18)24-12-10-23(11-13-24)15-19(26)25-8-3-2-4-9-25/h5-7,14,16H,2-4,8-13,15H2,1H3,(H,22,27). The Morgan fingerprint density at radius 2 is 1.78 bits per heavy atom. The zero-order valence-electron chi connectivity index (χ0n) is 16.0. The number of hydrogen-bond donors (Lipinski definition) is 1. The number of nitrogens with zero attached hydrogens (tertiary/aromatic N) is 3. The van der Waals surface area contributed by atoms with Gasteiger partial charge in [0, 0.05) is 45.0 Å². The van der Waals surface area contributed by atoms with E-state index in [0.29, 0.717) is 12.2 Å². The van der Waals surface area contributed by atoms with Gasteiger partial charge in [0.05, 0.1) is 12.6 Å². The Balaban J connectivity index is 1.43. The smallest absolute Gasteiger partial charge is 0.241 e. The van der Waals surface area contributed by atoms with E-state index in [0.717, 1.165) is 52.1 Å². The van der Waals surface area contributed by atoms with Crippen LogP contribution in [-0.2, 0) is 9.59 Å². The van der Waals surface area contributed by atoms with Crippen LogP contribution in [0.15, 0.2) is 24.3 Å². The first-order chi connectivity index (χ1) is 13.0. The minimum absolute atomic E-state index is 0.140. The van der Waals surface area contributed by atoms with Gasteiger partial charge in [0.25, 0.3) is 0 Å². The van der Waals surface area contributed by atoms with Gasteiger partial charge in [-0.25, -0.2) is 4.39 Å². The highest BCUT2D eigenvalue weighted by molar-refractivity contribution is 5.94. The summed E-state index contributed by atoms with van der Waals surface area (Å²) in [5.41, 5.74) is 0.470. The summed E-state index contributed by atoms with van der Waals surface area (Å²) in [7, 11) is 0. The van der Waals surface area contributed by atoms with Crippen molar-refractivity contribution in [2.75, 3.05) is 51.1 Å². The molecular formula is C20H29FN4O2. The lowest BCUT2D eigenvalue weighted by molar-refractivity contribution is -0.134. The van der Waals surface area contributed by atoms with Crippen molar-refractivity contribution >= 4 is 17.5 Å². The molecule has 2 aliphatic rings. The van der Waals surface area contributed by atoms with Crippen LogP contribution in [0.4, 0.5) is 10.1 Å². The van der Waals surface area contributed by atoms with E-state index in [-0.39, 0.29) is 23.7 Å². The Bertz CT molecular complexity index is 655. The molecule has 7 heteroatoms. The van der Waals surface area contributed by atoms with Crippen molar-refractivity contribution in [2.45, 2.75) is 32.2 Å². The molecule has 27 heavy (non-hydrogen) atoms. The second-order valence-corrected chi connectivity index (χ2v) is 7.43. The van der Waals surface area contributed by atoms with Gasteiger partial charge in [-0.1, -0.05) is 6.07 Å². The predicted octanol–water partition coefficient (Wildman–Crippen LogP) is 1.78. The van der Waals surface area contributed by atoms with Crippen LogP contribution in [-0.4, -0.2) is 78.4 Å². The van der Waals surface area contributed by atoms with Crippen LogP contribution in [0.3, 0.4) is 0 Å². The van der Waals surface area contributed by atoms with Crippen molar-refractivity contribution in [1.82, 2.24) is 14.7 Å². The van der Waals surface area contributed by atoms with Gasteiger partial charge in [-0.15, -0.1) is 0 Å². The zero-order valence-corrected chi connectivity index (χ0v) is 16.0. The average Bonchev–Trinajstić information content (AvgIpc) is 2.68. The fourth-order valence-corrected chi connectivity index (χ4v) is 3.72. The minimum Gasteiger partial charge on any atom is -0.342 e. The van der Waals surface area contributed by atoms with Crippen LogP contribution in [0.2, 0.25) is 0 Å². The Labute approximate surface area is 160 Å². The molecule has 2 amide bonds. The molecule has 3 rings (SSSR count). The normalized spacial score (nSPS) is 20.3. The number of anilines is 1. The summed E-state index contributed by atoms with van der Waals surface area (Å²) in [6, 6.07) is 5.62. The number of carbonyl (C=O) groups excluding carboxylic acids is 2. The largest absolute Gasteiger partial charge is 0.342 e.